The second-order valence-electron chi connectivity index (χ2n) is 10.2. The molecule has 2 aromatic rings. The van der Waals surface area contributed by atoms with E-state index in [4.69, 9.17) is 15.9 Å². The first-order valence-electron chi connectivity index (χ1n) is 13.7. The van der Waals surface area contributed by atoms with Gasteiger partial charge in [0.2, 0.25) is 0 Å². The van der Waals surface area contributed by atoms with Crippen LogP contribution in [-0.2, 0) is 11.2 Å². The van der Waals surface area contributed by atoms with Crippen LogP contribution in [0.4, 0.5) is 0 Å². The SMILES string of the molecule is C#CCOc1cc(O)cc(OC(=O)CCC/C=C\C[C@@H]2[C@@H](CC[C@@H](O)CCc3ccccc3)[C@H](O)C[C@@H]2O)c1. The summed E-state index contributed by atoms with van der Waals surface area (Å²) in [6, 6.07) is 14.3. The highest BCUT2D eigenvalue weighted by Gasteiger charge is 2.40. The van der Waals surface area contributed by atoms with E-state index in [0.29, 0.717) is 50.7 Å². The Labute approximate surface area is 231 Å². The first kappa shape index (κ1) is 30.2. The lowest BCUT2D eigenvalue weighted by atomic mass is 9.85. The number of phenols is 1. The Balaban J connectivity index is 1.36. The lowest BCUT2D eigenvalue weighted by molar-refractivity contribution is -0.134. The zero-order valence-electron chi connectivity index (χ0n) is 22.3. The molecule has 0 unspecified atom stereocenters. The highest BCUT2D eigenvalue weighted by atomic mass is 16.5. The summed E-state index contributed by atoms with van der Waals surface area (Å²) in [6.45, 7) is 0.0392. The Bertz CT molecular complexity index is 1090. The van der Waals surface area contributed by atoms with Crippen LogP contribution < -0.4 is 9.47 Å². The number of benzene rings is 2. The van der Waals surface area contributed by atoms with Gasteiger partial charge in [-0.1, -0.05) is 48.4 Å². The molecule has 1 saturated carbocycles. The molecule has 39 heavy (non-hydrogen) atoms. The summed E-state index contributed by atoms with van der Waals surface area (Å²) in [4.78, 5) is 12.2. The highest BCUT2D eigenvalue weighted by Crippen LogP contribution is 2.38. The Kier molecular flexibility index (Phi) is 12.4. The average Bonchev–Trinajstić information content (AvgIpc) is 3.18. The van der Waals surface area contributed by atoms with Gasteiger partial charge in [0.1, 0.15) is 23.9 Å². The second-order valence-corrected chi connectivity index (χ2v) is 10.2. The Hall–Kier alpha value is -3.31. The normalized spacial score (nSPS) is 21.5. The number of hydrogen-bond acceptors (Lipinski definition) is 7. The maximum absolute atomic E-state index is 12.2. The number of ether oxygens (including phenoxy) is 2. The molecule has 3 rings (SSSR count). The van der Waals surface area contributed by atoms with Crippen molar-refractivity contribution in [3.05, 3.63) is 66.2 Å². The van der Waals surface area contributed by atoms with Gasteiger partial charge in [-0.3, -0.25) is 4.79 Å². The number of terminal acetylenes is 1. The van der Waals surface area contributed by atoms with Gasteiger partial charge in [-0.05, 0) is 68.8 Å². The van der Waals surface area contributed by atoms with E-state index in [1.165, 1.54) is 23.8 Å². The standard InChI is InChI=1S/C32H40O7/c1-2-18-38-26-19-25(34)20-27(21-26)39-32(37)13-9-4-3-8-12-28-29(31(36)22-30(28)35)17-16-24(33)15-14-23-10-6-5-7-11-23/h1,3,5-8,10-11,19-21,24,28-31,33-36H,4,9,12-18,22H2/b8-3-/t24-,28+,29+,30-,31+/m0/s1. The number of aromatic hydroxyl groups is 1. The fraction of sp³-hybridized carbons (Fsp3) is 0.469. The predicted molar refractivity (Wildman–Crippen MR) is 149 cm³/mol. The van der Waals surface area contributed by atoms with Gasteiger partial charge in [-0.2, -0.15) is 0 Å². The number of esters is 1. The van der Waals surface area contributed by atoms with E-state index in [9.17, 15) is 25.2 Å². The van der Waals surface area contributed by atoms with Gasteiger partial charge < -0.3 is 29.9 Å². The smallest absolute Gasteiger partial charge is 0.311 e. The van der Waals surface area contributed by atoms with Crippen molar-refractivity contribution in [1.29, 1.82) is 0 Å². The number of rotatable bonds is 15. The maximum atomic E-state index is 12.2. The van der Waals surface area contributed by atoms with Crippen molar-refractivity contribution < 1.29 is 34.7 Å². The molecular formula is C32H40O7. The van der Waals surface area contributed by atoms with Crippen molar-refractivity contribution in [1.82, 2.24) is 0 Å². The van der Waals surface area contributed by atoms with E-state index in [2.05, 4.69) is 18.1 Å². The molecular weight excluding hydrogens is 496 g/mol. The summed E-state index contributed by atoms with van der Waals surface area (Å²) in [6.07, 6.45) is 12.8. The summed E-state index contributed by atoms with van der Waals surface area (Å²) >= 11 is 0. The van der Waals surface area contributed by atoms with Crippen molar-refractivity contribution in [3.8, 4) is 29.6 Å². The monoisotopic (exact) mass is 536 g/mol. The average molecular weight is 537 g/mol. The molecule has 1 aliphatic rings. The number of hydrogen-bond donors (Lipinski definition) is 4. The number of aliphatic hydroxyl groups is 3. The van der Waals surface area contributed by atoms with Gasteiger partial charge in [0.05, 0.1) is 18.3 Å². The van der Waals surface area contributed by atoms with Crippen LogP contribution in [0.2, 0.25) is 0 Å². The molecule has 0 aromatic heterocycles. The fourth-order valence-electron chi connectivity index (χ4n) is 5.16. The number of carbonyl (C=O) groups is 1. The van der Waals surface area contributed by atoms with Crippen molar-refractivity contribution in [2.45, 2.75) is 76.1 Å². The van der Waals surface area contributed by atoms with Gasteiger partial charge in [0.25, 0.3) is 0 Å². The van der Waals surface area contributed by atoms with Crippen LogP contribution in [-0.4, -0.2) is 51.3 Å². The fourth-order valence-corrected chi connectivity index (χ4v) is 5.16. The van der Waals surface area contributed by atoms with Crippen LogP contribution in [0.15, 0.2) is 60.7 Å². The van der Waals surface area contributed by atoms with Crippen LogP contribution in [0.25, 0.3) is 0 Å². The molecule has 0 spiro atoms. The molecule has 7 heteroatoms. The summed E-state index contributed by atoms with van der Waals surface area (Å²) in [7, 11) is 0. The van der Waals surface area contributed by atoms with Gasteiger partial charge in [-0.25, -0.2) is 0 Å². The molecule has 0 amide bonds. The molecule has 1 fully saturated rings. The van der Waals surface area contributed by atoms with E-state index in [0.717, 1.165) is 6.42 Å². The van der Waals surface area contributed by atoms with Crippen LogP contribution in [0.3, 0.4) is 0 Å². The third kappa shape index (κ3) is 10.4. The van der Waals surface area contributed by atoms with Crippen LogP contribution in [0.1, 0.15) is 56.9 Å². The zero-order chi connectivity index (χ0) is 28.0. The third-order valence-corrected chi connectivity index (χ3v) is 7.21. The molecule has 2 aromatic carbocycles. The minimum Gasteiger partial charge on any atom is -0.508 e. The molecule has 0 bridgehead atoms. The Morgan fingerprint density at radius 3 is 2.56 bits per heavy atom. The Morgan fingerprint density at radius 1 is 1.05 bits per heavy atom. The summed E-state index contributed by atoms with van der Waals surface area (Å²) in [5.41, 5.74) is 1.20. The molecule has 0 heterocycles. The summed E-state index contributed by atoms with van der Waals surface area (Å²) in [5.74, 6) is 2.22. The second kappa shape index (κ2) is 15.9. The van der Waals surface area contributed by atoms with Crippen LogP contribution in [0, 0.1) is 24.2 Å². The molecule has 0 saturated heterocycles. The first-order chi connectivity index (χ1) is 18.9. The summed E-state index contributed by atoms with van der Waals surface area (Å²) < 4.78 is 10.6. The number of aliphatic hydroxyl groups excluding tert-OH is 3. The molecule has 0 radical (unpaired) electrons. The van der Waals surface area contributed by atoms with Gasteiger partial charge in [0.15, 0.2) is 0 Å². The molecule has 7 nitrogen and oxygen atoms in total. The topological polar surface area (TPSA) is 116 Å². The molecule has 4 N–H and O–H groups in total. The van der Waals surface area contributed by atoms with Gasteiger partial charge in [0, 0.05) is 24.6 Å². The number of allylic oxidation sites excluding steroid dienone is 2. The van der Waals surface area contributed by atoms with Crippen molar-refractivity contribution in [2.75, 3.05) is 6.61 Å². The first-order valence-corrected chi connectivity index (χ1v) is 13.7. The van der Waals surface area contributed by atoms with E-state index < -0.39 is 24.3 Å². The minimum absolute atomic E-state index is 0.0392. The van der Waals surface area contributed by atoms with Crippen molar-refractivity contribution in [2.24, 2.45) is 11.8 Å². The third-order valence-electron chi connectivity index (χ3n) is 7.21. The predicted octanol–water partition coefficient (Wildman–Crippen LogP) is 4.56. The molecule has 210 valence electrons. The minimum atomic E-state index is -0.567. The highest BCUT2D eigenvalue weighted by molar-refractivity contribution is 5.72. The van der Waals surface area contributed by atoms with E-state index in [1.54, 1.807) is 0 Å². The van der Waals surface area contributed by atoms with E-state index >= 15 is 0 Å². The van der Waals surface area contributed by atoms with Crippen LogP contribution in [0.5, 0.6) is 17.2 Å². The molecule has 5 atom stereocenters. The van der Waals surface area contributed by atoms with Crippen molar-refractivity contribution in [3.63, 3.8) is 0 Å². The van der Waals surface area contributed by atoms with Crippen molar-refractivity contribution >= 4 is 5.97 Å². The zero-order valence-corrected chi connectivity index (χ0v) is 22.3. The van der Waals surface area contributed by atoms with Gasteiger partial charge >= 0.3 is 5.97 Å². The largest absolute Gasteiger partial charge is 0.508 e. The number of carbonyl (C=O) groups excluding carboxylic acids is 1. The Morgan fingerprint density at radius 2 is 1.79 bits per heavy atom. The number of aryl methyl sites for hydroxylation is 1. The number of phenolic OH excluding ortho intramolecular Hbond substituents is 1. The number of unbranched alkanes of at least 4 members (excludes halogenated alkanes) is 1. The molecule has 0 aliphatic heterocycles. The maximum Gasteiger partial charge on any atom is 0.311 e. The van der Waals surface area contributed by atoms with E-state index in [-0.39, 0.29) is 36.4 Å². The van der Waals surface area contributed by atoms with Gasteiger partial charge in [-0.15, -0.1) is 6.42 Å². The molecule has 1 aliphatic carbocycles. The lowest BCUT2D eigenvalue weighted by Crippen LogP contribution is -2.23. The van der Waals surface area contributed by atoms with Crippen LogP contribution >= 0.6 is 0 Å². The van der Waals surface area contributed by atoms with E-state index in [1.807, 2.05) is 30.4 Å². The quantitative estimate of drug-likeness (QED) is 0.0867. The lowest BCUT2D eigenvalue weighted by Gasteiger charge is -2.23. The summed E-state index contributed by atoms with van der Waals surface area (Å²) in [5, 5.41) is 41.2.